The van der Waals surface area contributed by atoms with Gasteiger partial charge in [0.25, 0.3) is 0 Å². The molecule has 0 saturated carbocycles. The van der Waals surface area contributed by atoms with Crippen molar-refractivity contribution < 1.29 is 19.1 Å². The minimum absolute atomic E-state index is 0.238. The van der Waals surface area contributed by atoms with Crippen molar-refractivity contribution in [3.05, 3.63) is 18.2 Å². The molecule has 1 fully saturated rings. The van der Waals surface area contributed by atoms with Crippen molar-refractivity contribution in [2.75, 3.05) is 29.9 Å². The van der Waals surface area contributed by atoms with Crippen molar-refractivity contribution in [1.82, 2.24) is 15.6 Å². The number of alkyl carbamates (subject to hydrolysis) is 1. The second-order valence-corrected chi connectivity index (χ2v) is 10.4. The summed E-state index contributed by atoms with van der Waals surface area (Å²) in [5.41, 5.74) is 1.41. The number of imide groups is 1. The molecule has 2 heterocycles. The molecule has 1 aromatic heterocycles. The van der Waals surface area contributed by atoms with Gasteiger partial charge in [0, 0.05) is 31.7 Å². The zero-order chi connectivity index (χ0) is 24.6. The molecule has 1 aliphatic heterocycles. The van der Waals surface area contributed by atoms with E-state index in [1.807, 2.05) is 32.9 Å². The second-order valence-electron chi connectivity index (χ2n) is 9.41. The molecular formula is C24H35N5O4S. The number of ether oxygens (including phenoxy) is 1. The summed E-state index contributed by atoms with van der Waals surface area (Å²) in [6.07, 6.45) is 5.94. The number of fused-ring (bicyclic) bond motifs is 1. The summed E-state index contributed by atoms with van der Waals surface area (Å²) < 4.78 is 6.22. The number of hydrogen-bond donors (Lipinski definition) is 3. The first kappa shape index (κ1) is 25.7. The third-order valence-corrected chi connectivity index (χ3v) is 6.28. The Labute approximate surface area is 204 Å². The molecule has 1 aromatic carbocycles. The number of aromatic nitrogens is 1. The fourth-order valence-corrected chi connectivity index (χ4v) is 4.62. The van der Waals surface area contributed by atoms with Crippen LogP contribution in [0, 0.1) is 0 Å². The van der Waals surface area contributed by atoms with Gasteiger partial charge in [-0.15, -0.1) is 0 Å². The van der Waals surface area contributed by atoms with Gasteiger partial charge < -0.3 is 15.4 Å². The second kappa shape index (κ2) is 12.0. The van der Waals surface area contributed by atoms with Gasteiger partial charge in [0.2, 0.25) is 5.91 Å². The van der Waals surface area contributed by atoms with Crippen LogP contribution in [0.25, 0.3) is 10.2 Å². The third kappa shape index (κ3) is 8.16. The molecule has 2 aromatic rings. The van der Waals surface area contributed by atoms with Gasteiger partial charge in [-0.3, -0.25) is 15.0 Å². The lowest BCUT2D eigenvalue weighted by Gasteiger charge is -2.19. The van der Waals surface area contributed by atoms with Crippen molar-refractivity contribution in [3.8, 4) is 0 Å². The van der Waals surface area contributed by atoms with Crippen molar-refractivity contribution in [2.45, 2.75) is 71.3 Å². The maximum absolute atomic E-state index is 12.3. The van der Waals surface area contributed by atoms with E-state index in [9.17, 15) is 14.4 Å². The van der Waals surface area contributed by atoms with Crippen LogP contribution < -0.4 is 20.9 Å². The molecule has 0 aliphatic carbocycles. The van der Waals surface area contributed by atoms with E-state index in [4.69, 9.17) is 4.74 Å². The van der Waals surface area contributed by atoms with Gasteiger partial charge in [-0.2, -0.15) is 0 Å². The molecule has 0 radical (unpaired) electrons. The fourth-order valence-electron chi connectivity index (χ4n) is 3.59. The summed E-state index contributed by atoms with van der Waals surface area (Å²) in [6.45, 7) is 7.57. The van der Waals surface area contributed by atoms with Crippen LogP contribution in [0.5, 0.6) is 0 Å². The number of amides is 4. The van der Waals surface area contributed by atoms with E-state index in [1.54, 1.807) is 4.90 Å². The van der Waals surface area contributed by atoms with Crippen LogP contribution in [0.15, 0.2) is 18.2 Å². The number of carbonyl (C=O) groups is 3. The highest BCUT2D eigenvalue weighted by molar-refractivity contribution is 7.22. The molecule has 0 spiro atoms. The standard InChI is InChI=1S/C24H35N5O4S/c1-24(2,3)33-23(32)26-14-8-6-4-5-7-13-25-17-11-12-18-19(16-17)34-22(27-18)29-15-9-10-20(30)28-21(29)31/h11-12,16,25H,4-10,13-15H2,1-3H3,(H,26,32)(H,28,30,31). The summed E-state index contributed by atoms with van der Waals surface area (Å²) in [6, 6.07) is 5.61. The van der Waals surface area contributed by atoms with Crippen LogP contribution in [0.2, 0.25) is 0 Å². The Bertz CT molecular complexity index is 1000. The molecule has 186 valence electrons. The van der Waals surface area contributed by atoms with E-state index in [2.05, 4.69) is 27.0 Å². The molecule has 3 rings (SSSR count). The Kier molecular flexibility index (Phi) is 9.09. The fraction of sp³-hybridized carbons (Fsp3) is 0.583. The summed E-state index contributed by atoms with van der Waals surface area (Å²) in [5, 5.41) is 9.25. The number of unbranched alkanes of at least 4 members (excludes halogenated alkanes) is 4. The highest BCUT2D eigenvalue weighted by Gasteiger charge is 2.24. The summed E-state index contributed by atoms with van der Waals surface area (Å²) >= 11 is 1.46. The van der Waals surface area contributed by atoms with Gasteiger partial charge >= 0.3 is 12.1 Å². The van der Waals surface area contributed by atoms with Gasteiger partial charge in [0.05, 0.1) is 10.2 Å². The molecule has 1 saturated heterocycles. The maximum Gasteiger partial charge on any atom is 0.407 e. The van der Waals surface area contributed by atoms with Crippen LogP contribution in [0.1, 0.15) is 65.7 Å². The van der Waals surface area contributed by atoms with Crippen molar-refractivity contribution >= 4 is 50.4 Å². The Balaban J connectivity index is 1.35. The molecule has 9 nitrogen and oxygen atoms in total. The lowest BCUT2D eigenvalue weighted by molar-refractivity contribution is -0.119. The average Bonchev–Trinajstić information content (AvgIpc) is 3.08. The number of benzene rings is 1. The molecule has 1 aliphatic rings. The van der Waals surface area contributed by atoms with Crippen LogP contribution in [-0.2, 0) is 9.53 Å². The maximum atomic E-state index is 12.3. The van der Waals surface area contributed by atoms with Crippen molar-refractivity contribution in [1.29, 1.82) is 0 Å². The minimum Gasteiger partial charge on any atom is -0.444 e. The molecule has 10 heteroatoms. The highest BCUT2D eigenvalue weighted by Crippen LogP contribution is 2.31. The van der Waals surface area contributed by atoms with Gasteiger partial charge in [-0.1, -0.05) is 30.6 Å². The van der Waals surface area contributed by atoms with E-state index in [-0.39, 0.29) is 12.0 Å². The average molecular weight is 490 g/mol. The van der Waals surface area contributed by atoms with Gasteiger partial charge in [0.15, 0.2) is 5.13 Å². The lowest BCUT2D eigenvalue weighted by atomic mass is 10.1. The van der Waals surface area contributed by atoms with E-state index in [0.29, 0.717) is 31.1 Å². The van der Waals surface area contributed by atoms with Gasteiger partial charge in [0.1, 0.15) is 5.60 Å². The van der Waals surface area contributed by atoms with Crippen LogP contribution in [0.4, 0.5) is 20.4 Å². The van der Waals surface area contributed by atoms with Crippen molar-refractivity contribution in [2.24, 2.45) is 0 Å². The highest BCUT2D eigenvalue weighted by atomic mass is 32.1. The van der Waals surface area contributed by atoms with Crippen molar-refractivity contribution in [3.63, 3.8) is 0 Å². The van der Waals surface area contributed by atoms with Gasteiger partial charge in [-0.05, 0) is 58.2 Å². The zero-order valence-corrected chi connectivity index (χ0v) is 21.1. The largest absolute Gasteiger partial charge is 0.444 e. The number of nitrogens with one attached hydrogen (secondary N) is 3. The topological polar surface area (TPSA) is 113 Å². The van der Waals surface area contributed by atoms with Gasteiger partial charge in [-0.25, -0.2) is 14.6 Å². The Morgan fingerprint density at radius 3 is 2.65 bits per heavy atom. The molecule has 0 bridgehead atoms. The summed E-state index contributed by atoms with van der Waals surface area (Å²) in [7, 11) is 0. The first-order valence-corrected chi connectivity index (χ1v) is 12.8. The Hall–Kier alpha value is -2.88. The normalized spacial score (nSPS) is 14.6. The molecule has 0 atom stereocenters. The number of carbonyl (C=O) groups excluding carboxylic acids is 3. The lowest BCUT2D eigenvalue weighted by Crippen LogP contribution is -2.40. The van der Waals surface area contributed by atoms with E-state index in [1.165, 1.54) is 11.3 Å². The van der Waals surface area contributed by atoms with E-state index >= 15 is 0 Å². The predicted octanol–water partition coefficient (Wildman–Crippen LogP) is 5.02. The molecule has 3 N–H and O–H groups in total. The molecule has 34 heavy (non-hydrogen) atoms. The molecule has 4 amide bonds. The number of urea groups is 1. The monoisotopic (exact) mass is 489 g/mol. The zero-order valence-electron chi connectivity index (χ0n) is 20.2. The first-order valence-electron chi connectivity index (χ1n) is 11.9. The molecule has 0 unspecified atom stereocenters. The first-order chi connectivity index (χ1) is 16.2. The van der Waals surface area contributed by atoms with Crippen LogP contribution in [-0.4, -0.2) is 48.3 Å². The van der Waals surface area contributed by atoms with E-state index in [0.717, 1.165) is 54.6 Å². The minimum atomic E-state index is -0.463. The number of hydrogen-bond acceptors (Lipinski definition) is 7. The van der Waals surface area contributed by atoms with Crippen LogP contribution in [0.3, 0.4) is 0 Å². The quantitative estimate of drug-likeness (QED) is 0.404. The molecular weight excluding hydrogens is 454 g/mol. The van der Waals surface area contributed by atoms with E-state index < -0.39 is 11.6 Å². The number of rotatable bonds is 10. The number of thiazole rings is 1. The predicted molar refractivity (Wildman–Crippen MR) is 136 cm³/mol. The third-order valence-electron chi connectivity index (χ3n) is 5.24. The number of anilines is 2. The Morgan fingerprint density at radius 1 is 1.15 bits per heavy atom. The van der Waals surface area contributed by atoms with Crippen LogP contribution >= 0.6 is 11.3 Å². The SMILES string of the molecule is CC(C)(C)OC(=O)NCCCCCCCNc1ccc2nc(N3CCCC(=O)NC3=O)sc2c1. The Morgan fingerprint density at radius 2 is 1.88 bits per heavy atom. The number of nitrogens with zero attached hydrogens (tertiary/aromatic N) is 2. The smallest absolute Gasteiger partial charge is 0.407 e. The summed E-state index contributed by atoms with van der Waals surface area (Å²) in [4.78, 5) is 41.5. The summed E-state index contributed by atoms with van der Waals surface area (Å²) in [5.74, 6) is -0.238.